The number of hydrogen-bond donors (Lipinski definition) is 2. The van der Waals surface area contributed by atoms with E-state index in [2.05, 4.69) is 15.3 Å². The summed E-state index contributed by atoms with van der Waals surface area (Å²) in [6.07, 6.45) is 1.58. The zero-order valence-electron chi connectivity index (χ0n) is 22.5. The van der Waals surface area contributed by atoms with Gasteiger partial charge in [-0.25, -0.2) is 24.0 Å². The highest BCUT2D eigenvalue weighted by Crippen LogP contribution is 2.39. The van der Waals surface area contributed by atoms with E-state index < -0.39 is 17.4 Å². The maximum Gasteiger partial charge on any atom is 0.372 e. The van der Waals surface area contributed by atoms with Crippen LogP contribution in [0.3, 0.4) is 0 Å². The molecule has 0 bridgehead atoms. The minimum atomic E-state index is -1.67. The summed E-state index contributed by atoms with van der Waals surface area (Å²) in [5.41, 5.74) is -0.326. The molecule has 0 saturated carbocycles. The van der Waals surface area contributed by atoms with Crippen LogP contribution < -0.4 is 14.9 Å². The molecule has 0 atom stereocenters. The van der Waals surface area contributed by atoms with Crippen LogP contribution in [0.2, 0.25) is 5.02 Å². The van der Waals surface area contributed by atoms with Crippen molar-refractivity contribution in [1.82, 2.24) is 9.97 Å². The van der Waals surface area contributed by atoms with Crippen molar-refractivity contribution in [3.05, 3.63) is 83.4 Å². The number of thiophene rings is 1. The summed E-state index contributed by atoms with van der Waals surface area (Å²) in [7, 11) is 0. The van der Waals surface area contributed by atoms with Gasteiger partial charge >= 0.3 is 11.9 Å². The first kappa shape index (κ1) is 29.0. The van der Waals surface area contributed by atoms with Crippen molar-refractivity contribution in [1.29, 1.82) is 0 Å². The fourth-order valence-corrected chi connectivity index (χ4v) is 5.76. The normalized spacial score (nSPS) is 11.4. The van der Waals surface area contributed by atoms with Gasteiger partial charge in [0.15, 0.2) is 11.2 Å². The lowest BCUT2D eigenvalue weighted by Gasteiger charge is -2.22. The SMILES string of the molecule is CCC(CC)(C(=O)O)C(=O)OOc1ccc2c(c1)sc1ncnc(Nc3ccc(OCc4cccc(F)c4)c(Cl)c3)c12. The summed E-state index contributed by atoms with van der Waals surface area (Å²) in [4.78, 5) is 43.9. The minimum absolute atomic E-state index is 0.0701. The molecule has 2 aromatic heterocycles. The van der Waals surface area contributed by atoms with Crippen LogP contribution in [0.25, 0.3) is 20.3 Å². The topological polar surface area (TPSA) is 120 Å². The van der Waals surface area contributed by atoms with Gasteiger partial charge < -0.3 is 15.2 Å². The average molecular weight is 610 g/mol. The number of ether oxygens (including phenoxy) is 1. The van der Waals surface area contributed by atoms with E-state index in [4.69, 9.17) is 26.1 Å². The van der Waals surface area contributed by atoms with Gasteiger partial charge in [0.05, 0.1) is 10.4 Å². The number of aliphatic carboxylic acids is 1. The molecule has 0 aliphatic heterocycles. The number of nitrogens with one attached hydrogen (secondary N) is 1. The Hall–Kier alpha value is -4.48. The third-order valence-corrected chi connectivity index (χ3v) is 8.30. The molecule has 0 radical (unpaired) electrons. The molecule has 0 aliphatic carbocycles. The van der Waals surface area contributed by atoms with Gasteiger partial charge in [0, 0.05) is 21.8 Å². The molecule has 0 spiro atoms. The lowest BCUT2D eigenvalue weighted by atomic mass is 9.83. The number of carbonyl (C=O) groups excluding carboxylic acids is 1. The number of benzene rings is 3. The number of hydrogen-bond acceptors (Lipinski definition) is 9. The van der Waals surface area contributed by atoms with Crippen LogP contribution in [-0.2, 0) is 21.1 Å². The zero-order valence-corrected chi connectivity index (χ0v) is 24.1. The van der Waals surface area contributed by atoms with Gasteiger partial charge in [0.25, 0.3) is 0 Å². The van der Waals surface area contributed by atoms with Crippen LogP contribution in [0.15, 0.2) is 67.0 Å². The summed E-state index contributed by atoms with van der Waals surface area (Å²) in [5.74, 6) is -1.32. The number of carboxylic acid groups (broad SMARTS) is 1. The van der Waals surface area contributed by atoms with E-state index in [0.29, 0.717) is 32.7 Å². The van der Waals surface area contributed by atoms with Crippen molar-refractivity contribution < 1.29 is 33.6 Å². The molecule has 2 heterocycles. The lowest BCUT2D eigenvalue weighted by Crippen LogP contribution is -2.40. The number of fused-ring (bicyclic) bond motifs is 3. The molecule has 5 rings (SSSR count). The molecular weight excluding hydrogens is 585 g/mol. The van der Waals surface area contributed by atoms with Gasteiger partial charge in [-0.05, 0) is 60.9 Å². The minimum Gasteiger partial charge on any atom is -0.487 e. The molecule has 3 aromatic carbocycles. The Morgan fingerprint density at radius 1 is 1.07 bits per heavy atom. The van der Waals surface area contributed by atoms with Crippen LogP contribution in [-0.4, -0.2) is 27.0 Å². The van der Waals surface area contributed by atoms with E-state index in [9.17, 15) is 19.1 Å². The first-order valence-electron chi connectivity index (χ1n) is 13.0. The van der Waals surface area contributed by atoms with Crippen LogP contribution in [0.1, 0.15) is 32.3 Å². The van der Waals surface area contributed by atoms with Gasteiger partial charge in [0.2, 0.25) is 0 Å². The first-order chi connectivity index (χ1) is 20.2. The summed E-state index contributed by atoms with van der Waals surface area (Å²) in [6.45, 7) is 3.39. The number of nitrogens with zero attached hydrogens (tertiary/aromatic N) is 2. The third-order valence-electron chi connectivity index (χ3n) is 6.94. The Labute approximate surface area is 248 Å². The van der Waals surface area contributed by atoms with Crippen molar-refractivity contribution in [2.45, 2.75) is 33.3 Å². The van der Waals surface area contributed by atoms with E-state index in [1.54, 1.807) is 62.4 Å². The maximum atomic E-state index is 13.4. The predicted molar refractivity (Wildman–Crippen MR) is 158 cm³/mol. The molecule has 0 fully saturated rings. The summed E-state index contributed by atoms with van der Waals surface area (Å²) in [5, 5.41) is 14.8. The van der Waals surface area contributed by atoms with Gasteiger partial charge in [0.1, 0.15) is 35.1 Å². The molecule has 0 unspecified atom stereocenters. The van der Waals surface area contributed by atoms with Crippen molar-refractivity contribution >= 4 is 66.7 Å². The highest BCUT2D eigenvalue weighted by atomic mass is 35.5. The van der Waals surface area contributed by atoms with Crippen molar-refractivity contribution in [2.75, 3.05) is 5.32 Å². The molecule has 216 valence electrons. The molecule has 12 heteroatoms. The molecule has 0 aliphatic rings. The van der Waals surface area contributed by atoms with Crippen molar-refractivity contribution in [3.63, 3.8) is 0 Å². The fourth-order valence-electron chi connectivity index (χ4n) is 4.45. The number of halogens is 2. The van der Waals surface area contributed by atoms with Crippen LogP contribution >= 0.6 is 22.9 Å². The Balaban J connectivity index is 1.33. The zero-order chi connectivity index (χ0) is 29.9. The van der Waals surface area contributed by atoms with E-state index in [1.165, 1.54) is 29.8 Å². The summed E-state index contributed by atoms with van der Waals surface area (Å²) in [6, 6.07) is 16.4. The van der Waals surface area contributed by atoms with Crippen molar-refractivity contribution in [2.24, 2.45) is 5.41 Å². The van der Waals surface area contributed by atoms with Crippen LogP contribution in [0, 0.1) is 11.2 Å². The van der Waals surface area contributed by atoms with Gasteiger partial charge in [-0.2, -0.15) is 0 Å². The van der Waals surface area contributed by atoms with Crippen LogP contribution in [0.5, 0.6) is 11.5 Å². The fraction of sp³-hybridized carbons (Fsp3) is 0.200. The molecule has 5 aromatic rings. The monoisotopic (exact) mass is 609 g/mol. The second-order valence-corrected chi connectivity index (χ2v) is 10.8. The molecule has 42 heavy (non-hydrogen) atoms. The number of anilines is 2. The predicted octanol–water partition coefficient (Wildman–Crippen LogP) is 7.69. The number of rotatable bonds is 11. The van der Waals surface area contributed by atoms with Crippen molar-refractivity contribution in [3.8, 4) is 11.5 Å². The van der Waals surface area contributed by atoms with Gasteiger partial charge in [-0.15, -0.1) is 11.3 Å². The molecular formula is C30H25ClFN3O6S. The second kappa shape index (κ2) is 12.2. The van der Waals surface area contributed by atoms with Gasteiger partial charge in [-0.1, -0.05) is 37.6 Å². The molecule has 2 N–H and O–H groups in total. The average Bonchev–Trinajstić information content (AvgIpc) is 3.35. The molecule has 9 nitrogen and oxygen atoms in total. The first-order valence-corrected chi connectivity index (χ1v) is 14.2. The number of aromatic nitrogens is 2. The van der Waals surface area contributed by atoms with E-state index in [-0.39, 0.29) is 31.0 Å². The molecule has 0 saturated heterocycles. The highest BCUT2D eigenvalue weighted by molar-refractivity contribution is 7.25. The third kappa shape index (κ3) is 5.79. The van der Waals surface area contributed by atoms with Crippen LogP contribution in [0.4, 0.5) is 15.9 Å². The smallest absolute Gasteiger partial charge is 0.372 e. The lowest BCUT2D eigenvalue weighted by molar-refractivity contribution is -0.227. The van der Waals surface area contributed by atoms with Gasteiger partial charge in [-0.3, -0.25) is 9.68 Å². The summed E-state index contributed by atoms with van der Waals surface area (Å²) >= 11 is 7.85. The Bertz CT molecular complexity index is 1790. The highest BCUT2D eigenvalue weighted by Gasteiger charge is 2.46. The Kier molecular flexibility index (Phi) is 8.41. The van der Waals surface area contributed by atoms with E-state index in [1.807, 2.05) is 0 Å². The largest absolute Gasteiger partial charge is 0.487 e. The maximum absolute atomic E-state index is 13.4. The summed E-state index contributed by atoms with van der Waals surface area (Å²) < 4.78 is 20.0. The van der Waals surface area contributed by atoms with E-state index in [0.717, 1.165) is 15.5 Å². The number of carboxylic acids is 1. The standard InChI is InChI=1S/C30H25ClFN3O6S/c1-3-30(4-2,28(36)37)29(38)41-40-20-9-10-21-24(14-20)42-27-25(21)26(33-16-34-27)35-19-8-11-23(22(31)13-19)39-15-17-6-5-7-18(32)12-17/h5-14,16H,3-4,15H2,1-2H3,(H,36,37)(H,33,34,35). The molecule has 0 amide bonds. The number of carbonyl (C=O) groups is 2. The Morgan fingerprint density at radius 2 is 1.88 bits per heavy atom. The second-order valence-electron chi connectivity index (χ2n) is 9.40. The quantitative estimate of drug-likeness (QED) is 0.0882. The van der Waals surface area contributed by atoms with E-state index >= 15 is 0 Å². The Morgan fingerprint density at radius 3 is 2.60 bits per heavy atom.